The van der Waals surface area contributed by atoms with E-state index in [4.69, 9.17) is 4.74 Å². The number of nitrogens with one attached hydrogen (secondary N) is 2. The number of hydrogen-bond donors (Lipinski definition) is 2. The molecule has 0 saturated heterocycles. The van der Waals surface area contributed by atoms with E-state index < -0.39 is 17.6 Å². The molecule has 38 heavy (non-hydrogen) atoms. The van der Waals surface area contributed by atoms with Gasteiger partial charge in [0, 0.05) is 11.1 Å². The number of thiazole rings is 1. The number of nitrogens with zero attached hydrogens (tertiary/aromatic N) is 2. The lowest BCUT2D eigenvalue weighted by Gasteiger charge is -2.09. The molecule has 0 aliphatic carbocycles. The predicted molar refractivity (Wildman–Crippen MR) is 141 cm³/mol. The van der Waals surface area contributed by atoms with Crippen LogP contribution < -0.4 is 15.5 Å². The van der Waals surface area contributed by atoms with E-state index in [0.29, 0.717) is 32.2 Å². The Labute approximate surface area is 227 Å². The third kappa shape index (κ3) is 7.86. The fourth-order valence-electron chi connectivity index (χ4n) is 3.23. The lowest BCUT2D eigenvalue weighted by atomic mass is 10.2. The number of carbonyl (C=O) groups is 1. The normalized spacial score (nSPS) is 11.5. The molecule has 0 aliphatic rings. The van der Waals surface area contributed by atoms with E-state index >= 15 is 0 Å². The lowest BCUT2D eigenvalue weighted by molar-refractivity contribution is -0.137. The van der Waals surface area contributed by atoms with Crippen molar-refractivity contribution in [2.45, 2.75) is 19.2 Å². The summed E-state index contributed by atoms with van der Waals surface area (Å²) in [7, 11) is 0. The summed E-state index contributed by atoms with van der Waals surface area (Å²) in [6.45, 7) is 0.202. The van der Waals surface area contributed by atoms with E-state index in [1.54, 1.807) is 35.7 Å². The Balaban J connectivity index is 1.27. The number of carbonyl (C=O) groups excluding carboxylic acids is 1. The average molecular weight is 607 g/mol. The second-order valence-corrected chi connectivity index (χ2v) is 9.64. The first-order valence-corrected chi connectivity index (χ1v) is 12.7. The molecule has 0 aliphatic heterocycles. The van der Waals surface area contributed by atoms with Crippen molar-refractivity contribution in [1.29, 1.82) is 0 Å². The van der Waals surface area contributed by atoms with E-state index in [0.717, 1.165) is 12.1 Å². The van der Waals surface area contributed by atoms with Crippen LogP contribution >= 0.6 is 27.3 Å². The first kappa shape index (κ1) is 27.3. The standard InChI is InChI=1S/C26H19BrF4N4O2S/c27-22-10-16(7-8-23(22)37-14-17-3-1-5-19(28)9-17)13-32-35-24(36)12-21-15-38-25(34-21)33-20-6-2-4-18(11-20)26(29,30)31/h1-11,13,15H,12,14H2,(H,33,34)(H,35,36)/b32-13-. The Hall–Kier alpha value is -3.77. The maximum atomic E-state index is 13.3. The fraction of sp³-hybridized carbons (Fsp3) is 0.115. The van der Waals surface area contributed by atoms with Crippen molar-refractivity contribution in [2.24, 2.45) is 5.10 Å². The van der Waals surface area contributed by atoms with Gasteiger partial charge in [-0.05, 0) is 75.6 Å². The van der Waals surface area contributed by atoms with Gasteiger partial charge in [0.25, 0.3) is 0 Å². The van der Waals surface area contributed by atoms with Crippen molar-refractivity contribution >= 4 is 50.2 Å². The summed E-state index contributed by atoms with van der Waals surface area (Å²) in [5.74, 6) is -0.180. The van der Waals surface area contributed by atoms with Crippen LogP contribution in [0.1, 0.15) is 22.4 Å². The Morgan fingerprint density at radius 1 is 1.11 bits per heavy atom. The highest BCUT2D eigenvalue weighted by Crippen LogP contribution is 2.32. The van der Waals surface area contributed by atoms with Crippen LogP contribution in [-0.2, 0) is 24.0 Å². The van der Waals surface area contributed by atoms with Crippen molar-refractivity contribution in [3.63, 3.8) is 0 Å². The minimum Gasteiger partial charge on any atom is -0.488 e. The number of anilines is 2. The fourth-order valence-corrected chi connectivity index (χ4v) is 4.47. The molecule has 1 aromatic heterocycles. The van der Waals surface area contributed by atoms with Crippen LogP contribution in [0.4, 0.5) is 28.4 Å². The second kappa shape index (κ2) is 12.2. The molecule has 0 radical (unpaired) electrons. The maximum Gasteiger partial charge on any atom is 0.416 e. The van der Waals surface area contributed by atoms with Gasteiger partial charge in [0.1, 0.15) is 18.2 Å². The third-order valence-corrected chi connectivity index (χ3v) is 6.40. The number of halogens is 5. The summed E-state index contributed by atoms with van der Waals surface area (Å²) in [5.41, 5.74) is 3.72. The highest BCUT2D eigenvalue weighted by Gasteiger charge is 2.30. The van der Waals surface area contributed by atoms with E-state index in [-0.39, 0.29) is 24.5 Å². The van der Waals surface area contributed by atoms with Gasteiger partial charge in [-0.1, -0.05) is 18.2 Å². The Morgan fingerprint density at radius 3 is 2.68 bits per heavy atom. The highest BCUT2D eigenvalue weighted by atomic mass is 79.9. The lowest BCUT2D eigenvalue weighted by Crippen LogP contribution is -2.19. The number of amides is 1. The van der Waals surface area contributed by atoms with E-state index in [1.807, 2.05) is 0 Å². The van der Waals surface area contributed by atoms with Crippen LogP contribution in [0.15, 0.2) is 81.7 Å². The van der Waals surface area contributed by atoms with Gasteiger partial charge in [-0.3, -0.25) is 4.79 Å². The summed E-state index contributed by atoms with van der Waals surface area (Å²) in [5, 5.41) is 8.76. The van der Waals surface area contributed by atoms with E-state index in [2.05, 4.69) is 36.8 Å². The Bertz CT molecular complexity index is 1460. The van der Waals surface area contributed by atoms with Crippen molar-refractivity contribution in [1.82, 2.24) is 10.4 Å². The van der Waals surface area contributed by atoms with Crippen molar-refractivity contribution in [2.75, 3.05) is 5.32 Å². The van der Waals surface area contributed by atoms with Crippen molar-refractivity contribution in [3.05, 3.63) is 105 Å². The summed E-state index contributed by atoms with van der Waals surface area (Å²) < 4.78 is 58.3. The molecule has 4 aromatic rings. The molecule has 12 heteroatoms. The maximum absolute atomic E-state index is 13.3. The minimum atomic E-state index is -4.44. The van der Waals surface area contributed by atoms with Crippen molar-refractivity contribution in [3.8, 4) is 5.75 Å². The summed E-state index contributed by atoms with van der Waals surface area (Å²) >= 11 is 4.59. The molecule has 4 rings (SSSR count). The zero-order chi connectivity index (χ0) is 27.1. The van der Waals surface area contributed by atoms with E-state index in [1.165, 1.54) is 41.8 Å². The van der Waals surface area contributed by atoms with Crippen LogP contribution in [0.5, 0.6) is 5.75 Å². The quantitative estimate of drug-likeness (QED) is 0.121. The van der Waals surface area contributed by atoms with Gasteiger partial charge in [-0.15, -0.1) is 11.3 Å². The molecular formula is C26H19BrF4N4O2S. The topological polar surface area (TPSA) is 75.6 Å². The van der Waals surface area contributed by atoms with Gasteiger partial charge in [0.05, 0.1) is 28.4 Å². The molecule has 0 bridgehead atoms. The first-order valence-electron chi connectivity index (χ1n) is 11.0. The predicted octanol–water partition coefficient (Wildman–Crippen LogP) is 7.08. The molecular weight excluding hydrogens is 588 g/mol. The number of hydrogen-bond acceptors (Lipinski definition) is 6. The molecule has 0 unspecified atom stereocenters. The number of hydrazone groups is 1. The minimum absolute atomic E-state index is 0.0608. The van der Waals surface area contributed by atoms with Crippen molar-refractivity contribution < 1.29 is 27.1 Å². The zero-order valence-electron chi connectivity index (χ0n) is 19.4. The molecule has 0 atom stereocenters. The molecule has 0 spiro atoms. The molecule has 1 amide bonds. The van der Waals surface area contributed by atoms with Crippen LogP contribution in [0.25, 0.3) is 0 Å². The zero-order valence-corrected chi connectivity index (χ0v) is 21.8. The van der Waals surface area contributed by atoms with Crippen LogP contribution in [0.2, 0.25) is 0 Å². The van der Waals surface area contributed by atoms with Crippen LogP contribution in [0.3, 0.4) is 0 Å². The second-order valence-electron chi connectivity index (χ2n) is 7.93. The van der Waals surface area contributed by atoms with Gasteiger partial charge < -0.3 is 10.1 Å². The first-order chi connectivity index (χ1) is 18.2. The highest BCUT2D eigenvalue weighted by molar-refractivity contribution is 9.10. The van der Waals surface area contributed by atoms with Crippen LogP contribution in [-0.4, -0.2) is 17.1 Å². The molecule has 3 aromatic carbocycles. The number of alkyl halides is 3. The molecule has 0 fully saturated rings. The van der Waals surface area contributed by atoms with Crippen LogP contribution in [0, 0.1) is 5.82 Å². The molecule has 1 heterocycles. The average Bonchev–Trinajstić information content (AvgIpc) is 3.29. The molecule has 196 valence electrons. The summed E-state index contributed by atoms with van der Waals surface area (Å²) in [6, 6.07) is 16.1. The third-order valence-electron chi connectivity index (χ3n) is 4.98. The Morgan fingerprint density at radius 2 is 1.92 bits per heavy atom. The van der Waals surface area contributed by atoms with Gasteiger partial charge in [0.2, 0.25) is 5.91 Å². The SMILES string of the molecule is O=C(Cc1csc(Nc2cccc(C(F)(F)F)c2)n1)N/N=C\c1ccc(OCc2cccc(F)c2)c(Br)c1. The number of aromatic nitrogens is 1. The molecule has 2 N–H and O–H groups in total. The Kier molecular flexibility index (Phi) is 8.74. The number of ether oxygens (including phenoxy) is 1. The van der Waals surface area contributed by atoms with E-state index in [9.17, 15) is 22.4 Å². The number of benzene rings is 3. The van der Waals surface area contributed by atoms with Gasteiger partial charge in [-0.25, -0.2) is 14.8 Å². The van der Waals surface area contributed by atoms with Gasteiger partial charge in [0.15, 0.2) is 5.13 Å². The molecule has 0 saturated carbocycles. The largest absolute Gasteiger partial charge is 0.488 e. The van der Waals surface area contributed by atoms with Gasteiger partial charge >= 0.3 is 6.18 Å². The summed E-state index contributed by atoms with van der Waals surface area (Å²) in [6.07, 6.45) is -3.05. The molecule has 6 nitrogen and oxygen atoms in total. The summed E-state index contributed by atoms with van der Waals surface area (Å²) in [4.78, 5) is 16.5. The van der Waals surface area contributed by atoms with Gasteiger partial charge in [-0.2, -0.15) is 18.3 Å². The number of rotatable bonds is 9. The smallest absolute Gasteiger partial charge is 0.416 e. The monoisotopic (exact) mass is 606 g/mol.